The van der Waals surface area contributed by atoms with Crippen molar-refractivity contribution in [2.75, 3.05) is 16.5 Å². The van der Waals surface area contributed by atoms with Gasteiger partial charge in [0, 0.05) is 17.4 Å². The minimum absolute atomic E-state index is 0.0717. The van der Waals surface area contributed by atoms with Crippen LogP contribution in [0.15, 0.2) is 61.1 Å². The molecule has 0 aliphatic rings. The maximum atomic E-state index is 14.4. The molecule has 0 atom stereocenters. The standard InChI is InChI=1S/C21H16F4N8O/c22-16-6-1-11(19-28-9-17(32-27)18(26)31-19)7-15(16)20(34)30-13-2-4-14(5-3-13)33-10-12(8-29-33)21(23,24)25/h1-10,32H,27H2,(H,30,34)(H2,26,28,31). The van der Waals surface area contributed by atoms with E-state index in [1.165, 1.54) is 42.6 Å². The molecule has 174 valence electrons. The van der Waals surface area contributed by atoms with Gasteiger partial charge in [-0.1, -0.05) is 0 Å². The summed E-state index contributed by atoms with van der Waals surface area (Å²) in [5, 5.41) is 6.22. The average Bonchev–Trinajstić information content (AvgIpc) is 3.31. The van der Waals surface area contributed by atoms with Crippen LogP contribution in [0.2, 0.25) is 0 Å². The quantitative estimate of drug-likeness (QED) is 0.198. The summed E-state index contributed by atoms with van der Waals surface area (Å²) < 4.78 is 53.7. The van der Waals surface area contributed by atoms with Crippen LogP contribution in [0.4, 0.5) is 34.8 Å². The largest absolute Gasteiger partial charge is 0.419 e. The average molecular weight is 472 g/mol. The first-order chi connectivity index (χ1) is 16.2. The number of amides is 1. The van der Waals surface area contributed by atoms with E-state index in [4.69, 9.17) is 11.6 Å². The van der Waals surface area contributed by atoms with Gasteiger partial charge >= 0.3 is 6.18 Å². The summed E-state index contributed by atoms with van der Waals surface area (Å²) in [5.74, 6) is 4.00. The van der Waals surface area contributed by atoms with Crippen LogP contribution in [-0.4, -0.2) is 25.7 Å². The summed E-state index contributed by atoms with van der Waals surface area (Å²) in [6.45, 7) is 0. The van der Waals surface area contributed by atoms with Crippen molar-refractivity contribution < 1.29 is 22.4 Å². The third-order valence-corrected chi connectivity index (χ3v) is 4.74. The molecule has 0 aliphatic carbocycles. The number of anilines is 3. The number of nitrogens with two attached hydrogens (primary N) is 2. The van der Waals surface area contributed by atoms with Gasteiger partial charge in [0.2, 0.25) is 0 Å². The van der Waals surface area contributed by atoms with Crippen LogP contribution in [0.25, 0.3) is 17.1 Å². The van der Waals surface area contributed by atoms with Gasteiger partial charge in [0.15, 0.2) is 11.6 Å². The van der Waals surface area contributed by atoms with Gasteiger partial charge in [0.25, 0.3) is 5.91 Å². The van der Waals surface area contributed by atoms with Crippen LogP contribution in [0.5, 0.6) is 0 Å². The number of nitrogen functional groups attached to an aromatic ring is 2. The molecule has 0 radical (unpaired) electrons. The Morgan fingerprint density at radius 2 is 1.79 bits per heavy atom. The van der Waals surface area contributed by atoms with Crippen molar-refractivity contribution in [1.82, 2.24) is 19.7 Å². The fraction of sp³-hybridized carbons (Fsp3) is 0.0476. The van der Waals surface area contributed by atoms with E-state index < -0.39 is 23.5 Å². The number of hydrogen-bond donors (Lipinski definition) is 4. The maximum absolute atomic E-state index is 14.4. The number of aromatic nitrogens is 4. The predicted octanol–water partition coefficient (Wildman–Crippen LogP) is 3.61. The molecule has 0 aliphatic heterocycles. The number of alkyl halides is 3. The Hall–Kier alpha value is -4.52. The fourth-order valence-electron chi connectivity index (χ4n) is 2.99. The first-order valence-electron chi connectivity index (χ1n) is 9.58. The summed E-state index contributed by atoms with van der Waals surface area (Å²) in [6, 6.07) is 9.57. The minimum atomic E-state index is -4.51. The first-order valence-corrected chi connectivity index (χ1v) is 9.58. The van der Waals surface area contributed by atoms with Gasteiger partial charge in [-0.15, -0.1) is 0 Å². The fourth-order valence-corrected chi connectivity index (χ4v) is 2.99. The number of nitrogens with one attached hydrogen (secondary N) is 2. The summed E-state index contributed by atoms with van der Waals surface area (Å²) in [4.78, 5) is 20.8. The predicted molar refractivity (Wildman–Crippen MR) is 116 cm³/mol. The monoisotopic (exact) mass is 472 g/mol. The van der Waals surface area contributed by atoms with Crippen molar-refractivity contribution in [3.8, 4) is 17.1 Å². The van der Waals surface area contributed by atoms with Crippen molar-refractivity contribution in [3.63, 3.8) is 0 Å². The molecule has 6 N–H and O–H groups in total. The van der Waals surface area contributed by atoms with Gasteiger partial charge in [0.05, 0.1) is 29.2 Å². The number of benzene rings is 2. The number of hydrazine groups is 1. The van der Waals surface area contributed by atoms with Crippen molar-refractivity contribution >= 4 is 23.1 Å². The smallest absolute Gasteiger partial charge is 0.382 e. The van der Waals surface area contributed by atoms with Crippen LogP contribution < -0.4 is 22.3 Å². The topological polar surface area (TPSA) is 137 Å². The summed E-state index contributed by atoms with van der Waals surface area (Å²) in [6.07, 6.45) is -1.60. The maximum Gasteiger partial charge on any atom is 0.419 e. The molecule has 2 heterocycles. The zero-order valence-electron chi connectivity index (χ0n) is 17.1. The molecule has 0 saturated heterocycles. The van der Waals surface area contributed by atoms with E-state index in [1.807, 2.05) is 0 Å². The molecular formula is C21H16F4N8O. The second-order valence-corrected chi connectivity index (χ2v) is 7.00. The van der Waals surface area contributed by atoms with Gasteiger partial charge < -0.3 is 16.5 Å². The van der Waals surface area contributed by atoms with E-state index in [1.54, 1.807) is 0 Å². The van der Waals surface area contributed by atoms with E-state index in [-0.39, 0.29) is 17.2 Å². The Balaban J connectivity index is 1.53. The highest BCUT2D eigenvalue weighted by Crippen LogP contribution is 2.29. The Kier molecular flexibility index (Phi) is 5.86. The Morgan fingerprint density at radius 3 is 2.41 bits per heavy atom. The minimum Gasteiger partial charge on any atom is -0.382 e. The van der Waals surface area contributed by atoms with E-state index in [2.05, 4.69) is 25.8 Å². The molecule has 34 heavy (non-hydrogen) atoms. The molecule has 0 fully saturated rings. The molecule has 0 saturated carbocycles. The summed E-state index contributed by atoms with van der Waals surface area (Å²) >= 11 is 0. The lowest BCUT2D eigenvalue weighted by Gasteiger charge is -2.10. The molecule has 2 aromatic heterocycles. The second kappa shape index (κ2) is 8.78. The van der Waals surface area contributed by atoms with Gasteiger partial charge in [-0.2, -0.15) is 18.3 Å². The molecule has 4 rings (SSSR count). The van der Waals surface area contributed by atoms with E-state index in [0.29, 0.717) is 28.8 Å². The van der Waals surface area contributed by atoms with Gasteiger partial charge in [-0.05, 0) is 42.5 Å². The highest BCUT2D eigenvalue weighted by atomic mass is 19.4. The summed E-state index contributed by atoms with van der Waals surface area (Å²) in [7, 11) is 0. The number of carbonyl (C=O) groups excluding carboxylic acids is 1. The number of carbonyl (C=O) groups is 1. The number of hydrogen-bond acceptors (Lipinski definition) is 7. The van der Waals surface area contributed by atoms with Crippen LogP contribution in [0.3, 0.4) is 0 Å². The normalized spacial score (nSPS) is 11.3. The molecule has 1 amide bonds. The van der Waals surface area contributed by atoms with Crippen LogP contribution in [-0.2, 0) is 6.18 Å². The molecular weight excluding hydrogens is 456 g/mol. The van der Waals surface area contributed by atoms with E-state index >= 15 is 0 Å². The van der Waals surface area contributed by atoms with Crippen molar-refractivity contribution in [3.05, 3.63) is 78.0 Å². The Morgan fingerprint density at radius 1 is 1.06 bits per heavy atom. The van der Waals surface area contributed by atoms with Crippen molar-refractivity contribution in [1.29, 1.82) is 0 Å². The summed E-state index contributed by atoms with van der Waals surface area (Å²) in [5.41, 5.74) is 8.22. The van der Waals surface area contributed by atoms with Crippen LogP contribution in [0, 0.1) is 5.82 Å². The second-order valence-electron chi connectivity index (χ2n) is 7.00. The zero-order valence-corrected chi connectivity index (χ0v) is 17.1. The SMILES string of the molecule is NNc1cnc(-c2ccc(F)c(C(=O)Nc3ccc(-n4cc(C(F)(F)F)cn4)cc3)c2)nc1N. The van der Waals surface area contributed by atoms with Crippen molar-refractivity contribution in [2.45, 2.75) is 6.18 Å². The third kappa shape index (κ3) is 4.63. The highest BCUT2D eigenvalue weighted by Gasteiger charge is 2.32. The molecule has 2 aromatic carbocycles. The Labute approximate surface area is 189 Å². The Bertz CT molecular complexity index is 1350. The molecule has 9 nitrogen and oxygen atoms in total. The van der Waals surface area contributed by atoms with Gasteiger partial charge in [-0.3, -0.25) is 10.6 Å². The number of nitrogens with zero attached hydrogens (tertiary/aromatic N) is 4. The highest BCUT2D eigenvalue weighted by molar-refractivity contribution is 6.05. The molecule has 13 heteroatoms. The lowest BCUT2D eigenvalue weighted by Crippen LogP contribution is -2.14. The van der Waals surface area contributed by atoms with Crippen molar-refractivity contribution in [2.24, 2.45) is 5.84 Å². The molecule has 0 unspecified atom stereocenters. The third-order valence-electron chi connectivity index (χ3n) is 4.74. The van der Waals surface area contributed by atoms with E-state index in [9.17, 15) is 22.4 Å². The molecule has 0 bridgehead atoms. The molecule has 0 spiro atoms. The van der Waals surface area contributed by atoms with E-state index in [0.717, 1.165) is 16.9 Å². The van der Waals surface area contributed by atoms with Gasteiger partial charge in [0.1, 0.15) is 11.5 Å². The lowest BCUT2D eigenvalue weighted by atomic mass is 10.1. The van der Waals surface area contributed by atoms with Crippen LogP contribution in [0.1, 0.15) is 15.9 Å². The first kappa shape index (κ1) is 22.7. The van der Waals surface area contributed by atoms with Gasteiger partial charge in [-0.25, -0.2) is 19.0 Å². The zero-order chi connectivity index (χ0) is 24.5. The van der Waals surface area contributed by atoms with Crippen LogP contribution >= 0.6 is 0 Å². The molecule has 4 aromatic rings. The number of rotatable bonds is 5. The number of halogens is 4. The lowest BCUT2D eigenvalue weighted by molar-refractivity contribution is -0.137.